The van der Waals surface area contributed by atoms with E-state index in [-0.39, 0.29) is 22.5 Å². The van der Waals surface area contributed by atoms with Crippen LogP contribution in [0.15, 0.2) is 59.1 Å². The molecule has 2 heterocycles. The summed E-state index contributed by atoms with van der Waals surface area (Å²) in [6.07, 6.45) is -4.74. The Balaban J connectivity index is 1.62. The van der Waals surface area contributed by atoms with Crippen LogP contribution in [0, 0.1) is 11.8 Å². The van der Waals surface area contributed by atoms with Crippen LogP contribution < -0.4 is 4.90 Å². The number of aliphatic hydroxyl groups is 1. The van der Waals surface area contributed by atoms with E-state index in [1.165, 1.54) is 12.1 Å². The van der Waals surface area contributed by atoms with Gasteiger partial charge in [-0.25, -0.2) is 9.69 Å². The van der Waals surface area contributed by atoms with Gasteiger partial charge in [0.15, 0.2) is 11.8 Å². The molecule has 34 heavy (non-hydrogen) atoms. The molecule has 2 amide bonds. The lowest BCUT2D eigenvalue weighted by Crippen LogP contribution is -2.36. The number of alkyl halides is 3. The summed E-state index contributed by atoms with van der Waals surface area (Å²) in [4.78, 5) is 55.7. The number of ketones is 1. The Hall–Kier alpha value is -4.28. The molecule has 2 N–H and O–H groups in total. The fraction of sp³-hybridized carbons (Fsp3) is 0.174. The van der Waals surface area contributed by atoms with Gasteiger partial charge in [-0.3, -0.25) is 19.4 Å². The smallest absolute Gasteiger partial charge is 0.416 e. The summed E-state index contributed by atoms with van der Waals surface area (Å²) in [5, 5.41) is 20.3. The second-order valence-electron chi connectivity index (χ2n) is 7.96. The first kappa shape index (κ1) is 21.6. The zero-order chi connectivity index (χ0) is 24.5. The maximum Gasteiger partial charge on any atom is 0.416 e. The molecule has 2 aromatic rings. The minimum Gasteiger partial charge on any atom is -0.506 e. The number of fused-ring (bicyclic) bond motifs is 2. The van der Waals surface area contributed by atoms with Crippen LogP contribution in [0.1, 0.15) is 21.5 Å². The van der Waals surface area contributed by atoms with Crippen molar-refractivity contribution < 1.29 is 42.6 Å². The molecule has 5 rings (SSSR count). The molecule has 1 fully saturated rings. The average Bonchev–Trinajstić information content (AvgIpc) is 3.38. The lowest BCUT2D eigenvalue weighted by molar-refractivity contribution is -0.141. The van der Waals surface area contributed by atoms with Gasteiger partial charge in [-0.15, -0.1) is 0 Å². The van der Waals surface area contributed by atoms with Crippen molar-refractivity contribution in [3.05, 3.63) is 70.8 Å². The van der Waals surface area contributed by atoms with Crippen molar-refractivity contribution in [3.8, 4) is 0 Å². The number of imide groups is 1. The Morgan fingerprint density at radius 2 is 1.65 bits per heavy atom. The van der Waals surface area contributed by atoms with E-state index < -0.39 is 64.5 Å². The van der Waals surface area contributed by atoms with E-state index in [9.17, 15) is 42.6 Å². The van der Waals surface area contributed by atoms with Gasteiger partial charge in [0.25, 0.3) is 0 Å². The molecule has 3 atom stereocenters. The van der Waals surface area contributed by atoms with Crippen LogP contribution in [0.2, 0.25) is 0 Å². The molecule has 172 valence electrons. The van der Waals surface area contributed by atoms with Crippen LogP contribution in [0.3, 0.4) is 0 Å². The third kappa shape index (κ3) is 2.89. The summed E-state index contributed by atoms with van der Waals surface area (Å²) >= 11 is 0. The first-order chi connectivity index (χ1) is 16.0. The monoisotopic (exact) mass is 470 g/mol. The zero-order valence-electron chi connectivity index (χ0n) is 16.9. The molecule has 0 bridgehead atoms. The number of anilines is 1. The lowest BCUT2D eigenvalue weighted by Gasteiger charge is -2.18. The number of halogens is 3. The molecule has 0 radical (unpaired) electrons. The summed E-state index contributed by atoms with van der Waals surface area (Å²) in [6.45, 7) is 0. The molecular weight excluding hydrogens is 457 g/mol. The SMILES string of the molecule is O=C1C(C2=N[C@H](C(=O)O)[C@H]3C(=O)N(c4cccc(C(F)(F)F)c4)C(=O)[C@@H]23)=C(O)c2ccccc21. The van der Waals surface area contributed by atoms with Crippen molar-refractivity contribution in [2.24, 2.45) is 16.8 Å². The van der Waals surface area contributed by atoms with Gasteiger partial charge in [-0.05, 0) is 18.2 Å². The summed E-state index contributed by atoms with van der Waals surface area (Å²) in [5.74, 6) is -7.98. The number of amides is 2. The van der Waals surface area contributed by atoms with Crippen molar-refractivity contribution in [2.45, 2.75) is 12.2 Å². The number of Topliss-reactive ketones (excluding diaryl/α,β-unsaturated/α-hetero) is 1. The third-order valence-corrected chi connectivity index (χ3v) is 6.10. The third-order valence-electron chi connectivity index (χ3n) is 6.10. The molecule has 0 aromatic heterocycles. The van der Waals surface area contributed by atoms with Crippen molar-refractivity contribution in [3.63, 3.8) is 0 Å². The Labute approximate surface area is 188 Å². The number of aliphatic hydroxyl groups excluding tert-OH is 1. The fourth-order valence-electron chi connectivity index (χ4n) is 4.61. The van der Waals surface area contributed by atoms with Crippen molar-refractivity contribution in [2.75, 3.05) is 4.90 Å². The van der Waals surface area contributed by atoms with Crippen LogP contribution in [0.5, 0.6) is 0 Å². The number of rotatable bonds is 3. The van der Waals surface area contributed by atoms with Crippen LogP contribution >= 0.6 is 0 Å². The van der Waals surface area contributed by atoms with Gasteiger partial charge in [0, 0.05) is 11.1 Å². The Morgan fingerprint density at radius 3 is 2.26 bits per heavy atom. The van der Waals surface area contributed by atoms with Gasteiger partial charge >= 0.3 is 12.1 Å². The largest absolute Gasteiger partial charge is 0.506 e. The van der Waals surface area contributed by atoms with Crippen molar-refractivity contribution >= 4 is 40.7 Å². The second kappa shape index (κ2) is 7.11. The molecule has 0 saturated carbocycles. The topological polar surface area (TPSA) is 124 Å². The zero-order valence-corrected chi connectivity index (χ0v) is 16.9. The molecule has 1 aliphatic carbocycles. The number of nitrogens with zero attached hydrogens (tertiary/aromatic N) is 2. The van der Waals surface area contributed by atoms with Crippen LogP contribution in [0.25, 0.3) is 5.76 Å². The van der Waals surface area contributed by atoms with E-state index in [1.807, 2.05) is 0 Å². The normalized spacial score (nSPS) is 24.0. The van der Waals surface area contributed by atoms with E-state index >= 15 is 0 Å². The van der Waals surface area contributed by atoms with E-state index in [0.29, 0.717) is 11.0 Å². The number of carbonyl (C=O) groups is 4. The van der Waals surface area contributed by atoms with Gasteiger partial charge in [0.1, 0.15) is 5.76 Å². The molecule has 2 aromatic carbocycles. The quantitative estimate of drug-likeness (QED) is 0.665. The number of hydrogen-bond donors (Lipinski definition) is 2. The standard InChI is InChI=1S/C23H13F3N2O6/c24-23(25,26)9-4-3-5-10(8-9)28-20(31)13-14(21(28)32)17(22(33)34)27-16(13)15-18(29)11-6-1-2-7-12(11)19(15)30/h1-8,13-14,17,29H,(H,33,34)/t13-,14+,17+/m1/s1. The van der Waals surface area contributed by atoms with Crippen molar-refractivity contribution in [1.82, 2.24) is 0 Å². The molecule has 2 aliphatic heterocycles. The number of aliphatic carboxylic acids is 1. The average molecular weight is 470 g/mol. The summed E-state index contributed by atoms with van der Waals surface area (Å²) in [7, 11) is 0. The predicted molar refractivity (Wildman–Crippen MR) is 110 cm³/mol. The molecule has 3 aliphatic rings. The van der Waals surface area contributed by atoms with E-state index in [4.69, 9.17) is 0 Å². The summed E-state index contributed by atoms with van der Waals surface area (Å²) in [6, 6.07) is 7.73. The molecule has 0 unspecified atom stereocenters. The van der Waals surface area contributed by atoms with Gasteiger partial charge in [0.05, 0.1) is 34.4 Å². The number of aliphatic imine (C=N–C) groups is 1. The van der Waals surface area contributed by atoms with Gasteiger partial charge < -0.3 is 10.2 Å². The van der Waals surface area contributed by atoms with E-state index in [2.05, 4.69) is 4.99 Å². The summed E-state index contributed by atoms with van der Waals surface area (Å²) in [5.41, 5.74) is -1.99. The highest BCUT2D eigenvalue weighted by atomic mass is 19.4. The molecule has 0 spiro atoms. The number of carboxylic acid groups (broad SMARTS) is 1. The van der Waals surface area contributed by atoms with Crippen LogP contribution in [-0.4, -0.2) is 45.5 Å². The Morgan fingerprint density at radius 1 is 0.971 bits per heavy atom. The highest BCUT2D eigenvalue weighted by molar-refractivity contribution is 6.42. The van der Waals surface area contributed by atoms with Gasteiger partial charge in [0.2, 0.25) is 11.8 Å². The number of hydrogen-bond acceptors (Lipinski definition) is 6. The molecule has 11 heteroatoms. The van der Waals surface area contributed by atoms with E-state index in [1.54, 1.807) is 12.1 Å². The minimum absolute atomic E-state index is 0.111. The second-order valence-corrected chi connectivity index (χ2v) is 7.96. The predicted octanol–water partition coefficient (Wildman–Crippen LogP) is 2.88. The number of benzene rings is 2. The van der Waals surface area contributed by atoms with Gasteiger partial charge in [-0.2, -0.15) is 13.2 Å². The van der Waals surface area contributed by atoms with Crippen LogP contribution in [0.4, 0.5) is 18.9 Å². The van der Waals surface area contributed by atoms with E-state index in [0.717, 1.165) is 18.2 Å². The van der Waals surface area contributed by atoms with Crippen LogP contribution in [-0.2, 0) is 20.6 Å². The first-order valence-corrected chi connectivity index (χ1v) is 9.95. The molecule has 1 saturated heterocycles. The number of carboxylic acids is 1. The van der Waals surface area contributed by atoms with Crippen molar-refractivity contribution in [1.29, 1.82) is 0 Å². The first-order valence-electron chi connectivity index (χ1n) is 9.95. The highest BCUT2D eigenvalue weighted by Crippen LogP contribution is 2.44. The minimum atomic E-state index is -4.74. The highest BCUT2D eigenvalue weighted by Gasteiger charge is 2.61. The molecule has 8 nitrogen and oxygen atoms in total. The number of carbonyl (C=O) groups excluding carboxylic acids is 3. The Kier molecular flexibility index (Phi) is 4.51. The number of allylic oxidation sites excluding steroid dienone is 1. The maximum atomic E-state index is 13.3. The fourth-order valence-corrected chi connectivity index (χ4v) is 4.61. The van der Waals surface area contributed by atoms with Gasteiger partial charge in [-0.1, -0.05) is 30.3 Å². The maximum absolute atomic E-state index is 13.3. The lowest BCUT2D eigenvalue weighted by atomic mass is 9.85. The Bertz CT molecular complexity index is 1380. The molecular formula is C23H13F3N2O6. The summed E-state index contributed by atoms with van der Waals surface area (Å²) < 4.78 is 39.5.